The first-order chi connectivity index (χ1) is 13.9. The number of halogens is 1. The van der Waals surface area contributed by atoms with Crippen molar-refractivity contribution in [1.29, 1.82) is 0 Å². The Morgan fingerprint density at radius 2 is 1.79 bits per heavy atom. The van der Waals surface area contributed by atoms with Gasteiger partial charge in [0.05, 0.1) is 18.0 Å². The predicted molar refractivity (Wildman–Crippen MR) is 108 cm³/mol. The first-order valence-electron chi connectivity index (χ1n) is 9.72. The first kappa shape index (κ1) is 18.6. The number of para-hydroxylation sites is 1. The molecule has 0 aliphatic carbocycles. The number of benzene rings is 2. The van der Waals surface area contributed by atoms with Gasteiger partial charge in [-0.25, -0.2) is 22.1 Å². The summed E-state index contributed by atoms with van der Waals surface area (Å²) < 4.78 is 45.3. The van der Waals surface area contributed by atoms with Gasteiger partial charge in [-0.3, -0.25) is 0 Å². The van der Waals surface area contributed by atoms with Crippen LogP contribution < -0.4 is 4.74 Å². The summed E-state index contributed by atoms with van der Waals surface area (Å²) in [5, 5.41) is 6.93. The molecule has 1 fully saturated rings. The van der Waals surface area contributed by atoms with E-state index in [-0.39, 0.29) is 11.9 Å². The highest BCUT2D eigenvalue weighted by atomic mass is 32.2. The average molecular weight is 415 g/mol. The Balaban J connectivity index is 1.53. The van der Waals surface area contributed by atoms with Crippen LogP contribution in [0.4, 0.5) is 4.39 Å². The maximum absolute atomic E-state index is 13.4. The van der Waals surface area contributed by atoms with Gasteiger partial charge in [0.2, 0.25) is 15.7 Å². The molecule has 152 valence electrons. The van der Waals surface area contributed by atoms with Gasteiger partial charge < -0.3 is 4.74 Å². The minimum atomic E-state index is -3.23. The van der Waals surface area contributed by atoms with E-state index in [1.165, 1.54) is 22.7 Å². The number of hydrogen-bond donors (Lipinski definition) is 0. The summed E-state index contributed by atoms with van der Waals surface area (Å²) >= 11 is 0. The Morgan fingerprint density at radius 3 is 2.48 bits per heavy atom. The number of nitrogens with zero attached hydrogens (tertiary/aromatic N) is 3. The molecule has 2 aromatic carbocycles. The number of hydrazone groups is 1. The fourth-order valence-corrected chi connectivity index (χ4v) is 5.39. The Hall–Kier alpha value is -2.45. The zero-order chi connectivity index (χ0) is 20.2. The number of ether oxygens (including phenoxy) is 1. The number of piperidine rings is 1. The number of fused-ring (bicyclic) bond motifs is 4. The van der Waals surface area contributed by atoms with Gasteiger partial charge in [0.1, 0.15) is 11.6 Å². The van der Waals surface area contributed by atoms with Crippen molar-refractivity contribution in [2.24, 2.45) is 5.10 Å². The van der Waals surface area contributed by atoms with Crippen LogP contribution in [0.3, 0.4) is 0 Å². The van der Waals surface area contributed by atoms with Crippen molar-refractivity contribution >= 4 is 15.7 Å². The molecule has 1 atom stereocenters. The molecule has 3 heterocycles. The largest absolute Gasteiger partial charge is 0.466 e. The number of hydrogen-bond acceptors (Lipinski definition) is 5. The van der Waals surface area contributed by atoms with Gasteiger partial charge >= 0.3 is 0 Å². The summed E-state index contributed by atoms with van der Waals surface area (Å²) in [7, 11) is -3.23. The van der Waals surface area contributed by atoms with Crippen molar-refractivity contribution in [3.63, 3.8) is 0 Å². The van der Waals surface area contributed by atoms with E-state index in [1.807, 2.05) is 23.2 Å². The molecule has 2 aromatic rings. The quantitative estimate of drug-likeness (QED) is 0.756. The maximum Gasteiger partial charge on any atom is 0.211 e. The molecule has 0 aromatic heterocycles. The van der Waals surface area contributed by atoms with Crippen LogP contribution in [0.25, 0.3) is 0 Å². The lowest BCUT2D eigenvalue weighted by Gasteiger charge is -2.50. The smallest absolute Gasteiger partial charge is 0.211 e. The fourth-order valence-electron chi connectivity index (χ4n) is 4.54. The molecule has 29 heavy (non-hydrogen) atoms. The lowest BCUT2D eigenvalue weighted by atomic mass is 9.91. The van der Waals surface area contributed by atoms with E-state index < -0.39 is 15.7 Å². The van der Waals surface area contributed by atoms with Gasteiger partial charge in [0.15, 0.2) is 0 Å². The highest BCUT2D eigenvalue weighted by Gasteiger charge is 2.52. The van der Waals surface area contributed by atoms with Crippen molar-refractivity contribution in [2.45, 2.75) is 31.0 Å². The Kier molecular flexibility index (Phi) is 4.18. The van der Waals surface area contributed by atoms with Crippen LogP contribution in [0, 0.1) is 5.82 Å². The zero-order valence-corrected chi connectivity index (χ0v) is 16.9. The van der Waals surface area contributed by atoms with Crippen LogP contribution in [-0.2, 0) is 10.0 Å². The molecular formula is C21H22FN3O3S. The van der Waals surface area contributed by atoms with E-state index in [1.54, 1.807) is 12.1 Å². The summed E-state index contributed by atoms with van der Waals surface area (Å²) in [6.07, 6.45) is 3.01. The predicted octanol–water partition coefficient (Wildman–Crippen LogP) is 3.12. The second-order valence-corrected chi connectivity index (χ2v) is 9.85. The molecule has 0 bridgehead atoms. The third-order valence-electron chi connectivity index (χ3n) is 6.06. The van der Waals surface area contributed by atoms with Crippen LogP contribution in [-0.4, -0.2) is 48.5 Å². The molecule has 3 aliphatic heterocycles. The molecule has 1 saturated heterocycles. The molecule has 0 saturated carbocycles. The molecule has 0 radical (unpaired) electrons. The van der Waals surface area contributed by atoms with Crippen LogP contribution in [0.2, 0.25) is 0 Å². The van der Waals surface area contributed by atoms with Crippen LogP contribution >= 0.6 is 0 Å². The molecule has 0 unspecified atom stereocenters. The van der Waals surface area contributed by atoms with Crippen molar-refractivity contribution in [3.05, 3.63) is 65.5 Å². The summed E-state index contributed by atoms with van der Waals surface area (Å²) in [6.45, 7) is 0.789. The Bertz CT molecular complexity index is 1080. The van der Waals surface area contributed by atoms with Gasteiger partial charge in [-0.1, -0.05) is 30.3 Å². The Labute approximate surface area is 169 Å². The highest BCUT2D eigenvalue weighted by Crippen LogP contribution is 2.50. The average Bonchev–Trinajstić information content (AvgIpc) is 3.15. The highest BCUT2D eigenvalue weighted by molar-refractivity contribution is 7.88. The molecule has 0 N–H and O–H groups in total. The second kappa shape index (κ2) is 6.53. The SMILES string of the molecule is CS(=O)(=O)N1CCC2(CC1)Oc1ccccc1[C@H]1CC(c3ccc(F)cc3)=NN12. The van der Waals surface area contributed by atoms with Crippen molar-refractivity contribution in [2.75, 3.05) is 19.3 Å². The molecule has 1 spiro atoms. The van der Waals surface area contributed by atoms with E-state index in [9.17, 15) is 12.8 Å². The fraction of sp³-hybridized carbons (Fsp3) is 0.381. The van der Waals surface area contributed by atoms with Crippen molar-refractivity contribution < 1.29 is 17.5 Å². The normalized spacial score (nSPS) is 23.3. The van der Waals surface area contributed by atoms with E-state index in [0.717, 1.165) is 22.6 Å². The first-order valence-corrected chi connectivity index (χ1v) is 11.6. The molecule has 3 aliphatic rings. The minimum absolute atomic E-state index is 0.0183. The standard InChI is InChI=1S/C21H22FN3O3S/c1-29(26,27)24-12-10-21(11-13-24)25-19(17-4-2-3-5-20(17)28-21)14-18(23-25)15-6-8-16(22)9-7-15/h2-9,19H,10-14H2,1H3/t19-/m1/s1. The number of sulfonamides is 1. The van der Waals surface area contributed by atoms with Gasteiger partial charge in [-0.05, 0) is 23.8 Å². The van der Waals surface area contributed by atoms with E-state index >= 15 is 0 Å². The van der Waals surface area contributed by atoms with Crippen LogP contribution in [0.15, 0.2) is 53.6 Å². The van der Waals surface area contributed by atoms with Gasteiger partial charge in [-0.2, -0.15) is 5.10 Å². The summed E-state index contributed by atoms with van der Waals surface area (Å²) in [5.41, 5.74) is 2.17. The topological polar surface area (TPSA) is 62.2 Å². The summed E-state index contributed by atoms with van der Waals surface area (Å²) in [4.78, 5) is 0. The van der Waals surface area contributed by atoms with Crippen molar-refractivity contribution in [1.82, 2.24) is 9.31 Å². The van der Waals surface area contributed by atoms with E-state index in [0.29, 0.717) is 32.4 Å². The third-order valence-corrected chi connectivity index (χ3v) is 7.36. The maximum atomic E-state index is 13.4. The molecule has 5 rings (SSSR count). The van der Waals surface area contributed by atoms with E-state index in [2.05, 4.69) is 6.07 Å². The molecule has 0 amide bonds. The van der Waals surface area contributed by atoms with Gasteiger partial charge in [0, 0.05) is 37.9 Å². The van der Waals surface area contributed by atoms with Gasteiger partial charge in [0.25, 0.3) is 0 Å². The molecule has 6 nitrogen and oxygen atoms in total. The summed E-state index contributed by atoms with van der Waals surface area (Å²) in [5.74, 6) is 0.556. The lowest BCUT2D eigenvalue weighted by Crippen LogP contribution is -2.59. The second-order valence-electron chi connectivity index (χ2n) is 7.87. The number of rotatable bonds is 2. The monoisotopic (exact) mass is 415 g/mol. The molecular weight excluding hydrogens is 393 g/mol. The van der Waals surface area contributed by atoms with Gasteiger partial charge in [-0.15, -0.1) is 0 Å². The zero-order valence-electron chi connectivity index (χ0n) is 16.1. The van der Waals surface area contributed by atoms with Crippen LogP contribution in [0.1, 0.15) is 36.4 Å². The minimum Gasteiger partial charge on any atom is -0.466 e. The van der Waals surface area contributed by atoms with E-state index in [4.69, 9.17) is 9.84 Å². The van der Waals surface area contributed by atoms with Crippen molar-refractivity contribution in [3.8, 4) is 5.75 Å². The van der Waals surface area contributed by atoms with Crippen LogP contribution in [0.5, 0.6) is 5.75 Å². The summed E-state index contributed by atoms with van der Waals surface area (Å²) in [6, 6.07) is 14.4. The Morgan fingerprint density at radius 1 is 1.10 bits per heavy atom. The lowest BCUT2D eigenvalue weighted by molar-refractivity contribution is -0.143. The molecule has 8 heteroatoms. The third kappa shape index (κ3) is 3.11.